The van der Waals surface area contributed by atoms with Gasteiger partial charge in [-0.2, -0.15) is 0 Å². The van der Waals surface area contributed by atoms with Crippen LogP contribution in [0.15, 0.2) is 6.07 Å². The molecule has 0 aliphatic rings. The lowest BCUT2D eigenvalue weighted by molar-refractivity contribution is 0.235. The molecule has 5 heteroatoms. The van der Waals surface area contributed by atoms with Gasteiger partial charge in [-0.1, -0.05) is 27.7 Å². The first-order valence-electron chi connectivity index (χ1n) is 6.87. The van der Waals surface area contributed by atoms with E-state index < -0.39 is 0 Å². The summed E-state index contributed by atoms with van der Waals surface area (Å²) in [6.07, 6.45) is 2.48. The SMILES string of the molecule is CCCc1nc(N)cc(NC(CCO)C(C)(C)C)n1. The maximum absolute atomic E-state index is 9.17. The first-order valence-corrected chi connectivity index (χ1v) is 6.87. The van der Waals surface area contributed by atoms with Gasteiger partial charge in [0.25, 0.3) is 0 Å². The van der Waals surface area contributed by atoms with E-state index in [1.165, 1.54) is 0 Å². The molecule has 1 aromatic heterocycles. The van der Waals surface area contributed by atoms with Crippen LogP contribution in [0.4, 0.5) is 11.6 Å². The minimum absolute atomic E-state index is 0.0351. The number of aryl methyl sites for hydroxylation is 1. The number of nitrogens with one attached hydrogen (secondary N) is 1. The van der Waals surface area contributed by atoms with Gasteiger partial charge < -0.3 is 16.2 Å². The van der Waals surface area contributed by atoms with E-state index in [0.29, 0.717) is 12.2 Å². The molecule has 0 amide bonds. The number of nitrogen functional groups attached to an aromatic ring is 1. The molecule has 0 bridgehead atoms. The van der Waals surface area contributed by atoms with E-state index in [-0.39, 0.29) is 18.1 Å². The number of nitrogens with zero attached hydrogens (tertiary/aromatic N) is 2. The molecule has 4 N–H and O–H groups in total. The molecule has 19 heavy (non-hydrogen) atoms. The van der Waals surface area contributed by atoms with Crippen LogP contribution in [0.3, 0.4) is 0 Å². The number of aliphatic hydroxyl groups is 1. The van der Waals surface area contributed by atoms with E-state index in [1.807, 2.05) is 0 Å². The van der Waals surface area contributed by atoms with E-state index in [4.69, 9.17) is 5.73 Å². The van der Waals surface area contributed by atoms with Gasteiger partial charge in [0.2, 0.25) is 0 Å². The van der Waals surface area contributed by atoms with Crippen LogP contribution >= 0.6 is 0 Å². The molecule has 0 radical (unpaired) electrons. The first-order chi connectivity index (χ1) is 8.86. The third kappa shape index (κ3) is 5.03. The lowest BCUT2D eigenvalue weighted by Crippen LogP contribution is -2.35. The Morgan fingerprint density at radius 3 is 2.58 bits per heavy atom. The van der Waals surface area contributed by atoms with Gasteiger partial charge in [-0.3, -0.25) is 0 Å². The molecule has 1 atom stereocenters. The zero-order valence-electron chi connectivity index (χ0n) is 12.4. The summed E-state index contributed by atoms with van der Waals surface area (Å²) < 4.78 is 0. The van der Waals surface area contributed by atoms with Crippen molar-refractivity contribution in [2.24, 2.45) is 5.41 Å². The smallest absolute Gasteiger partial charge is 0.133 e. The summed E-state index contributed by atoms with van der Waals surface area (Å²) in [7, 11) is 0. The fourth-order valence-electron chi connectivity index (χ4n) is 1.96. The Kier molecular flexibility index (Phi) is 5.54. The van der Waals surface area contributed by atoms with Crippen LogP contribution in [-0.2, 0) is 6.42 Å². The molecule has 0 aliphatic carbocycles. The van der Waals surface area contributed by atoms with E-state index in [2.05, 4.69) is 43.0 Å². The quantitative estimate of drug-likeness (QED) is 0.735. The van der Waals surface area contributed by atoms with Gasteiger partial charge in [0, 0.05) is 25.1 Å². The maximum atomic E-state index is 9.17. The van der Waals surface area contributed by atoms with Crippen LogP contribution in [0.25, 0.3) is 0 Å². The second kappa shape index (κ2) is 6.70. The molecule has 0 saturated heterocycles. The predicted molar refractivity (Wildman–Crippen MR) is 79.0 cm³/mol. The highest BCUT2D eigenvalue weighted by Crippen LogP contribution is 2.25. The standard InChI is InChI=1S/C14H26N4O/c1-5-6-12-17-11(15)9-13(18-12)16-10(7-8-19)14(2,3)4/h9-10,19H,5-8H2,1-4H3,(H3,15,16,17,18). The molecule has 108 valence electrons. The highest BCUT2D eigenvalue weighted by molar-refractivity contribution is 5.45. The molecule has 1 heterocycles. The summed E-state index contributed by atoms with van der Waals surface area (Å²) in [5, 5.41) is 12.5. The van der Waals surface area contributed by atoms with Gasteiger partial charge in [0.05, 0.1) is 0 Å². The van der Waals surface area contributed by atoms with E-state index >= 15 is 0 Å². The highest BCUT2D eigenvalue weighted by atomic mass is 16.3. The highest BCUT2D eigenvalue weighted by Gasteiger charge is 2.24. The van der Waals surface area contributed by atoms with Crippen molar-refractivity contribution in [2.45, 2.75) is 53.0 Å². The Bertz CT molecular complexity index is 401. The summed E-state index contributed by atoms with van der Waals surface area (Å²) in [4.78, 5) is 8.69. The molecule has 1 unspecified atom stereocenters. The minimum atomic E-state index is 0.0351. The van der Waals surface area contributed by atoms with Gasteiger partial charge >= 0.3 is 0 Å². The normalized spacial score (nSPS) is 13.3. The molecule has 1 rings (SSSR count). The molecule has 0 spiro atoms. The van der Waals surface area contributed by atoms with Crippen molar-refractivity contribution < 1.29 is 5.11 Å². The van der Waals surface area contributed by atoms with E-state index in [9.17, 15) is 5.11 Å². The summed E-state index contributed by atoms with van der Waals surface area (Å²) in [5.41, 5.74) is 5.84. The molecular formula is C14H26N4O. The van der Waals surface area contributed by atoms with Crippen molar-refractivity contribution >= 4 is 11.6 Å². The number of nitrogens with two attached hydrogens (primary N) is 1. The molecular weight excluding hydrogens is 240 g/mol. The second-order valence-electron chi connectivity index (χ2n) is 5.92. The van der Waals surface area contributed by atoms with Gasteiger partial charge in [0.15, 0.2) is 0 Å². The lowest BCUT2D eigenvalue weighted by atomic mass is 9.85. The average molecular weight is 266 g/mol. The Hall–Kier alpha value is -1.36. The van der Waals surface area contributed by atoms with Crippen molar-refractivity contribution in [2.75, 3.05) is 17.7 Å². The van der Waals surface area contributed by atoms with Crippen LogP contribution in [0.2, 0.25) is 0 Å². The van der Waals surface area contributed by atoms with Gasteiger partial charge in [-0.05, 0) is 18.3 Å². The summed E-state index contributed by atoms with van der Waals surface area (Å²) in [6, 6.07) is 1.89. The molecule has 1 aromatic rings. The third-order valence-corrected chi connectivity index (χ3v) is 3.05. The molecule has 5 nitrogen and oxygen atoms in total. The fourth-order valence-corrected chi connectivity index (χ4v) is 1.96. The van der Waals surface area contributed by atoms with Crippen molar-refractivity contribution in [1.82, 2.24) is 9.97 Å². The largest absolute Gasteiger partial charge is 0.396 e. The Morgan fingerprint density at radius 2 is 2.05 bits per heavy atom. The molecule has 0 fully saturated rings. The van der Waals surface area contributed by atoms with Gasteiger partial charge in [0.1, 0.15) is 17.5 Å². The zero-order valence-corrected chi connectivity index (χ0v) is 12.4. The van der Waals surface area contributed by atoms with Crippen molar-refractivity contribution in [3.8, 4) is 0 Å². The fraction of sp³-hybridized carbons (Fsp3) is 0.714. The Labute approximate surface area is 115 Å². The van der Waals surface area contributed by atoms with E-state index in [1.54, 1.807) is 6.07 Å². The number of rotatable bonds is 6. The summed E-state index contributed by atoms with van der Waals surface area (Å²) in [6.45, 7) is 8.65. The van der Waals surface area contributed by atoms with E-state index in [0.717, 1.165) is 24.5 Å². The van der Waals surface area contributed by atoms with Crippen molar-refractivity contribution in [1.29, 1.82) is 0 Å². The molecule has 0 aromatic carbocycles. The van der Waals surface area contributed by atoms with Crippen molar-refractivity contribution in [3.05, 3.63) is 11.9 Å². The molecule has 0 aliphatic heterocycles. The van der Waals surface area contributed by atoms with Crippen LogP contribution in [0.5, 0.6) is 0 Å². The number of aliphatic hydroxyl groups excluding tert-OH is 1. The Balaban J connectivity index is 2.89. The topological polar surface area (TPSA) is 84.1 Å². The van der Waals surface area contributed by atoms with Gasteiger partial charge in [-0.15, -0.1) is 0 Å². The second-order valence-corrected chi connectivity index (χ2v) is 5.92. The summed E-state index contributed by atoms with van der Waals surface area (Å²) in [5.74, 6) is 1.99. The third-order valence-electron chi connectivity index (χ3n) is 3.05. The maximum Gasteiger partial charge on any atom is 0.133 e. The number of anilines is 2. The minimum Gasteiger partial charge on any atom is -0.396 e. The Morgan fingerprint density at radius 1 is 1.37 bits per heavy atom. The average Bonchev–Trinajstić information content (AvgIpc) is 2.27. The number of aromatic nitrogens is 2. The monoisotopic (exact) mass is 266 g/mol. The zero-order chi connectivity index (χ0) is 14.5. The first kappa shape index (κ1) is 15.7. The lowest BCUT2D eigenvalue weighted by Gasteiger charge is -2.31. The predicted octanol–water partition coefficient (Wildman–Crippen LogP) is 2.22. The van der Waals surface area contributed by atoms with Crippen LogP contribution in [-0.4, -0.2) is 27.7 Å². The number of hydrogen-bond donors (Lipinski definition) is 3. The van der Waals surface area contributed by atoms with Crippen LogP contribution in [0.1, 0.15) is 46.4 Å². The molecule has 0 saturated carbocycles. The van der Waals surface area contributed by atoms with Crippen molar-refractivity contribution in [3.63, 3.8) is 0 Å². The number of hydrogen-bond acceptors (Lipinski definition) is 5. The van der Waals surface area contributed by atoms with Crippen LogP contribution < -0.4 is 11.1 Å². The van der Waals surface area contributed by atoms with Crippen LogP contribution in [0, 0.1) is 5.41 Å². The summed E-state index contributed by atoms with van der Waals surface area (Å²) >= 11 is 0. The van der Waals surface area contributed by atoms with Gasteiger partial charge in [-0.25, -0.2) is 9.97 Å².